The Labute approximate surface area is 200 Å². The van der Waals surface area contributed by atoms with Gasteiger partial charge in [0.05, 0.1) is 10.6 Å². The number of nitrogens with zero attached hydrogens (tertiary/aromatic N) is 2. The molecule has 1 N–H and O–H groups in total. The van der Waals surface area contributed by atoms with Gasteiger partial charge in [0, 0.05) is 12.1 Å². The van der Waals surface area contributed by atoms with E-state index in [2.05, 4.69) is 5.32 Å². The molecule has 4 rings (SSSR count). The number of hydrogen-bond acceptors (Lipinski definition) is 6. The second-order valence-electron chi connectivity index (χ2n) is 8.03. The number of rotatable bonds is 6. The molecule has 1 aliphatic rings. The molecule has 0 spiro atoms. The molecule has 35 heavy (non-hydrogen) atoms. The molecule has 1 aliphatic heterocycles. The number of urea groups is 1. The van der Waals surface area contributed by atoms with Crippen LogP contribution in [0.25, 0.3) is 6.08 Å². The number of barbiturate groups is 1. The SMILES string of the molecule is Cc1ccc(N2C(=O)NC(=O)/C(=C\c3ccc(OCc4ccc([N+](=O)[O-])cc4)cc3)C2=O)c(C)c1. The van der Waals surface area contributed by atoms with Gasteiger partial charge in [0.2, 0.25) is 0 Å². The first kappa shape index (κ1) is 23.4. The van der Waals surface area contributed by atoms with E-state index < -0.39 is 22.8 Å². The Morgan fingerprint density at radius 1 is 0.971 bits per heavy atom. The molecule has 3 aromatic carbocycles. The van der Waals surface area contributed by atoms with Crippen LogP contribution >= 0.6 is 0 Å². The number of imide groups is 2. The van der Waals surface area contributed by atoms with Gasteiger partial charge in [0.15, 0.2) is 0 Å². The van der Waals surface area contributed by atoms with Crippen molar-refractivity contribution in [1.29, 1.82) is 0 Å². The molecule has 4 amide bonds. The summed E-state index contributed by atoms with van der Waals surface area (Å²) in [5.41, 5.74) is 3.31. The molecule has 1 heterocycles. The van der Waals surface area contributed by atoms with Crippen LogP contribution in [0.5, 0.6) is 5.75 Å². The number of benzene rings is 3. The first-order valence-corrected chi connectivity index (χ1v) is 10.7. The van der Waals surface area contributed by atoms with Crippen LogP contribution in [0.4, 0.5) is 16.2 Å². The average Bonchev–Trinajstić information content (AvgIpc) is 2.82. The standard InChI is InChI=1S/C26H21N3O6/c1-16-3-12-23(17(2)13-16)28-25(31)22(24(30)27-26(28)32)14-18-6-10-21(11-7-18)35-15-19-4-8-20(9-5-19)29(33)34/h3-14H,15H2,1-2H3,(H,27,30,32)/b22-14+. The van der Waals surface area contributed by atoms with E-state index in [1.165, 1.54) is 18.2 Å². The zero-order chi connectivity index (χ0) is 25.1. The fourth-order valence-electron chi connectivity index (χ4n) is 3.64. The fourth-order valence-corrected chi connectivity index (χ4v) is 3.64. The quantitative estimate of drug-likeness (QED) is 0.245. The van der Waals surface area contributed by atoms with Gasteiger partial charge in [-0.1, -0.05) is 29.8 Å². The van der Waals surface area contributed by atoms with Crippen LogP contribution in [0, 0.1) is 24.0 Å². The molecule has 9 heteroatoms. The number of ether oxygens (including phenoxy) is 1. The number of amides is 4. The summed E-state index contributed by atoms with van der Waals surface area (Å²) in [5.74, 6) is -0.930. The van der Waals surface area contributed by atoms with Gasteiger partial charge < -0.3 is 4.74 Å². The van der Waals surface area contributed by atoms with Crippen molar-refractivity contribution in [2.24, 2.45) is 0 Å². The molecule has 176 valence electrons. The number of nitro groups is 1. The molecule has 0 bridgehead atoms. The highest BCUT2D eigenvalue weighted by molar-refractivity contribution is 6.39. The summed E-state index contributed by atoms with van der Waals surface area (Å²) in [7, 11) is 0. The molecular weight excluding hydrogens is 450 g/mol. The Kier molecular flexibility index (Phi) is 6.41. The highest BCUT2D eigenvalue weighted by Crippen LogP contribution is 2.26. The maximum absolute atomic E-state index is 13.1. The second kappa shape index (κ2) is 9.60. The summed E-state index contributed by atoms with van der Waals surface area (Å²) in [5, 5.41) is 13.0. The summed E-state index contributed by atoms with van der Waals surface area (Å²) in [6.07, 6.45) is 1.42. The van der Waals surface area contributed by atoms with Crippen LogP contribution in [0.3, 0.4) is 0 Å². The van der Waals surface area contributed by atoms with Crippen molar-refractivity contribution >= 4 is 35.3 Å². The average molecular weight is 471 g/mol. The van der Waals surface area contributed by atoms with Crippen LogP contribution in [-0.2, 0) is 16.2 Å². The second-order valence-corrected chi connectivity index (χ2v) is 8.03. The van der Waals surface area contributed by atoms with Crippen LogP contribution in [0.1, 0.15) is 22.3 Å². The van der Waals surface area contributed by atoms with Crippen LogP contribution in [0.15, 0.2) is 72.3 Å². The summed E-state index contributed by atoms with van der Waals surface area (Å²) >= 11 is 0. The highest BCUT2D eigenvalue weighted by atomic mass is 16.6. The Morgan fingerprint density at radius 3 is 2.29 bits per heavy atom. The first-order chi connectivity index (χ1) is 16.7. The molecule has 1 saturated heterocycles. The number of hydrogen-bond donors (Lipinski definition) is 1. The third-order valence-electron chi connectivity index (χ3n) is 5.44. The summed E-state index contributed by atoms with van der Waals surface area (Å²) in [4.78, 5) is 49.2. The number of carbonyl (C=O) groups excluding carboxylic acids is 3. The number of nitrogens with one attached hydrogen (secondary N) is 1. The number of nitro benzene ring substituents is 1. The number of carbonyl (C=O) groups is 3. The smallest absolute Gasteiger partial charge is 0.335 e. The Bertz CT molecular complexity index is 1360. The lowest BCUT2D eigenvalue weighted by Crippen LogP contribution is -2.54. The summed E-state index contributed by atoms with van der Waals surface area (Å²) < 4.78 is 5.70. The minimum atomic E-state index is -0.793. The fraction of sp³-hybridized carbons (Fsp3) is 0.115. The van der Waals surface area contributed by atoms with E-state index >= 15 is 0 Å². The minimum absolute atomic E-state index is 0.00485. The number of aryl methyl sites for hydroxylation is 2. The third-order valence-corrected chi connectivity index (χ3v) is 5.44. The van der Waals surface area contributed by atoms with Gasteiger partial charge >= 0.3 is 6.03 Å². The topological polar surface area (TPSA) is 119 Å². The largest absolute Gasteiger partial charge is 0.489 e. The molecule has 1 fully saturated rings. The summed E-state index contributed by atoms with van der Waals surface area (Å²) in [6, 6.07) is 17.3. The zero-order valence-electron chi connectivity index (χ0n) is 19.0. The van der Waals surface area contributed by atoms with Gasteiger partial charge in [0.25, 0.3) is 17.5 Å². The van der Waals surface area contributed by atoms with E-state index in [0.717, 1.165) is 21.6 Å². The van der Waals surface area contributed by atoms with Crippen molar-refractivity contribution in [2.75, 3.05) is 4.90 Å². The van der Waals surface area contributed by atoms with E-state index in [-0.39, 0.29) is 17.9 Å². The van der Waals surface area contributed by atoms with Crippen molar-refractivity contribution in [3.63, 3.8) is 0 Å². The molecule has 0 unspecified atom stereocenters. The number of non-ortho nitro benzene ring substituents is 1. The van der Waals surface area contributed by atoms with Crippen molar-refractivity contribution < 1.29 is 24.0 Å². The van der Waals surface area contributed by atoms with Crippen molar-refractivity contribution in [3.05, 3.63) is 105 Å². The van der Waals surface area contributed by atoms with Crippen molar-refractivity contribution in [1.82, 2.24) is 5.32 Å². The molecule has 0 atom stereocenters. The molecule has 0 aromatic heterocycles. The van der Waals surface area contributed by atoms with E-state index in [1.54, 1.807) is 55.5 Å². The van der Waals surface area contributed by atoms with Crippen molar-refractivity contribution in [3.8, 4) is 5.75 Å². The highest BCUT2D eigenvalue weighted by Gasteiger charge is 2.37. The predicted molar refractivity (Wildman–Crippen MR) is 129 cm³/mol. The molecule has 0 saturated carbocycles. The van der Waals surface area contributed by atoms with Gasteiger partial charge in [-0.15, -0.1) is 0 Å². The van der Waals surface area contributed by atoms with Gasteiger partial charge in [-0.05, 0) is 66.9 Å². The van der Waals surface area contributed by atoms with E-state index in [0.29, 0.717) is 17.0 Å². The van der Waals surface area contributed by atoms with Gasteiger partial charge in [0.1, 0.15) is 17.9 Å². The lowest BCUT2D eigenvalue weighted by molar-refractivity contribution is -0.384. The predicted octanol–water partition coefficient (Wildman–Crippen LogP) is 4.46. The Morgan fingerprint density at radius 2 is 1.66 bits per heavy atom. The van der Waals surface area contributed by atoms with E-state index in [1.807, 2.05) is 13.0 Å². The summed E-state index contributed by atoms with van der Waals surface area (Å²) in [6.45, 7) is 3.91. The Hall–Kier alpha value is -4.79. The maximum Gasteiger partial charge on any atom is 0.335 e. The monoisotopic (exact) mass is 471 g/mol. The molecule has 0 aliphatic carbocycles. The van der Waals surface area contributed by atoms with E-state index in [4.69, 9.17) is 4.74 Å². The molecule has 0 radical (unpaired) electrons. The molecule has 9 nitrogen and oxygen atoms in total. The molecule has 3 aromatic rings. The lowest BCUT2D eigenvalue weighted by Gasteiger charge is -2.27. The lowest BCUT2D eigenvalue weighted by atomic mass is 10.0. The Balaban J connectivity index is 1.50. The maximum atomic E-state index is 13.1. The van der Waals surface area contributed by atoms with Crippen LogP contribution < -0.4 is 15.0 Å². The number of anilines is 1. The van der Waals surface area contributed by atoms with E-state index in [9.17, 15) is 24.5 Å². The molecular formula is C26H21N3O6. The zero-order valence-corrected chi connectivity index (χ0v) is 19.0. The van der Waals surface area contributed by atoms with Gasteiger partial charge in [-0.25, -0.2) is 9.69 Å². The minimum Gasteiger partial charge on any atom is -0.489 e. The third kappa shape index (κ3) is 5.09. The van der Waals surface area contributed by atoms with Crippen molar-refractivity contribution in [2.45, 2.75) is 20.5 Å². The van der Waals surface area contributed by atoms with Crippen LogP contribution in [0.2, 0.25) is 0 Å². The van der Waals surface area contributed by atoms with Gasteiger partial charge in [-0.2, -0.15) is 0 Å². The van der Waals surface area contributed by atoms with Crippen LogP contribution in [-0.4, -0.2) is 22.8 Å². The van der Waals surface area contributed by atoms with Gasteiger partial charge in [-0.3, -0.25) is 25.0 Å². The normalized spacial score (nSPS) is 14.7. The first-order valence-electron chi connectivity index (χ1n) is 10.7.